The third-order valence-corrected chi connectivity index (χ3v) is 4.02. The molecular weight excluding hydrogens is 354 g/mol. The van der Waals surface area contributed by atoms with Gasteiger partial charge in [-0.1, -0.05) is 11.6 Å². The molecule has 132 valence electrons. The van der Waals surface area contributed by atoms with E-state index in [1.807, 2.05) is 5.43 Å². The molecule has 1 atom stereocenters. The molecule has 0 amide bonds. The van der Waals surface area contributed by atoms with Crippen molar-refractivity contribution in [2.75, 3.05) is 0 Å². The molecule has 2 rings (SSSR count). The van der Waals surface area contributed by atoms with E-state index in [1.165, 1.54) is 6.07 Å². The number of aliphatic carboxylic acids is 1. The van der Waals surface area contributed by atoms with Crippen LogP contribution in [0.2, 0.25) is 5.02 Å². The zero-order chi connectivity index (χ0) is 18.7. The van der Waals surface area contributed by atoms with Crippen LogP contribution in [-0.4, -0.2) is 11.1 Å². The normalized spacial score (nSPS) is 11.9. The van der Waals surface area contributed by atoms with Crippen LogP contribution in [-0.2, 0) is 4.79 Å². The molecule has 0 radical (unpaired) electrons. The third kappa shape index (κ3) is 4.11. The van der Waals surface area contributed by atoms with Crippen molar-refractivity contribution >= 4 is 17.6 Å². The molecule has 2 aromatic carbocycles. The SMILES string of the molecule is Cc1cc(Cl)cc(C)c1-c1cc(F)c(F)c(C(CC(=O)O)NN=O)c1. The molecule has 0 saturated heterocycles. The van der Waals surface area contributed by atoms with Gasteiger partial charge in [0, 0.05) is 10.6 Å². The molecule has 0 bridgehead atoms. The number of benzene rings is 2. The number of hydrogen-bond donors (Lipinski definition) is 2. The van der Waals surface area contributed by atoms with Crippen LogP contribution in [0.15, 0.2) is 29.6 Å². The maximum absolute atomic E-state index is 14.2. The molecular formula is C17H15ClF2N2O3. The summed E-state index contributed by atoms with van der Waals surface area (Å²) in [5.74, 6) is -3.66. The number of nitroso groups, excluding NO2 is 1. The Morgan fingerprint density at radius 3 is 2.36 bits per heavy atom. The Bertz CT molecular complexity index is 820. The first-order valence-corrected chi connectivity index (χ1v) is 7.68. The molecule has 0 aliphatic heterocycles. The summed E-state index contributed by atoms with van der Waals surface area (Å²) in [6.45, 7) is 3.55. The van der Waals surface area contributed by atoms with Crippen molar-refractivity contribution in [1.29, 1.82) is 0 Å². The first-order valence-electron chi connectivity index (χ1n) is 7.30. The molecule has 2 aromatic rings. The Kier molecular flexibility index (Phi) is 5.69. The standard InChI is InChI=1S/C17H15ClF2N2O3/c1-8-3-11(18)4-9(2)16(8)10-5-12(17(20)13(19)6-10)14(21-22-25)7-15(23)24/h3-6,14H,7H2,1-2H3,(H,21,25)(H,23,24). The summed E-state index contributed by atoms with van der Waals surface area (Å²) in [7, 11) is 0. The van der Waals surface area contributed by atoms with Gasteiger partial charge < -0.3 is 5.11 Å². The zero-order valence-electron chi connectivity index (χ0n) is 13.4. The van der Waals surface area contributed by atoms with Gasteiger partial charge >= 0.3 is 5.97 Å². The highest BCUT2D eigenvalue weighted by molar-refractivity contribution is 6.30. The van der Waals surface area contributed by atoms with Crippen molar-refractivity contribution in [2.24, 2.45) is 5.29 Å². The van der Waals surface area contributed by atoms with E-state index < -0.39 is 30.1 Å². The van der Waals surface area contributed by atoms with Gasteiger partial charge in [-0.15, -0.1) is 4.91 Å². The van der Waals surface area contributed by atoms with Crippen LogP contribution in [0.3, 0.4) is 0 Å². The summed E-state index contributed by atoms with van der Waals surface area (Å²) in [4.78, 5) is 21.4. The number of rotatable bonds is 6. The molecule has 0 heterocycles. The highest BCUT2D eigenvalue weighted by atomic mass is 35.5. The van der Waals surface area contributed by atoms with Crippen LogP contribution in [0.25, 0.3) is 11.1 Å². The van der Waals surface area contributed by atoms with Crippen molar-refractivity contribution < 1.29 is 18.7 Å². The fourth-order valence-corrected chi connectivity index (χ4v) is 3.16. The van der Waals surface area contributed by atoms with Gasteiger partial charge in [-0.25, -0.2) is 8.78 Å². The van der Waals surface area contributed by atoms with Crippen molar-refractivity contribution in [3.05, 3.63) is 62.5 Å². The largest absolute Gasteiger partial charge is 0.481 e. The minimum Gasteiger partial charge on any atom is -0.481 e. The first-order chi connectivity index (χ1) is 11.7. The second-order valence-electron chi connectivity index (χ2n) is 5.65. The number of carboxylic acid groups (broad SMARTS) is 1. The fourth-order valence-electron chi connectivity index (χ4n) is 2.84. The first kappa shape index (κ1) is 18.8. The molecule has 0 aliphatic carbocycles. The van der Waals surface area contributed by atoms with Crippen molar-refractivity contribution in [3.8, 4) is 11.1 Å². The van der Waals surface area contributed by atoms with Gasteiger partial charge in [0.25, 0.3) is 0 Å². The van der Waals surface area contributed by atoms with E-state index in [2.05, 4.69) is 5.29 Å². The molecule has 25 heavy (non-hydrogen) atoms. The number of nitrogens with one attached hydrogen (secondary N) is 1. The Morgan fingerprint density at radius 1 is 1.24 bits per heavy atom. The Morgan fingerprint density at radius 2 is 1.84 bits per heavy atom. The summed E-state index contributed by atoms with van der Waals surface area (Å²) in [6.07, 6.45) is -0.635. The molecule has 0 spiro atoms. The Labute approximate surface area is 147 Å². The lowest BCUT2D eigenvalue weighted by Crippen LogP contribution is -2.20. The third-order valence-electron chi connectivity index (χ3n) is 3.81. The van der Waals surface area contributed by atoms with Crippen LogP contribution in [0.5, 0.6) is 0 Å². The summed E-state index contributed by atoms with van der Waals surface area (Å²) < 4.78 is 28.3. The maximum atomic E-state index is 14.2. The number of nitrogens with zero attached hydrogens (tertiary/aromatic N) is 1. The number of aryl methyl sites for hydroxylation is 2. The fraction of sp³-hybridized carbons (Fsp3) is 0.235. The van der Waals surface area contributed by atoms with E-state index in [4.69, 9.17) is 16.7 Å². The smallest absolute Gasteiger partial charge is 0.305 e. The predicted octanol–water partition coefficient (Wildman–Crippen LogP) is 4.69. The van der Waals surface area contributed by atoms with Crippen LogP contribution in [0.1, 0.15) is 29.2 Å². The van der Waals surface area contributed by atoms with E-state index in [0.717, 1.165) is 17.2 Å². The van der Waals surface area contributed by atoms with Crippen LogP contribution >= 0.6 is 11.6 Å². The second-order valence-corrected chi connectivity index (χ2v) is 6.08. The van der Waals surface area contributed by atoms with Crippen LogP contribution in [0, 0.1) is 30.4 Å². The van der Waals surface area contributed by atoms with Gasteiger partial charge in [-0.2, -0.15) is 0 Å². The summed E-state index contributed by atoms with van der Waals surface area (Å²) >= 11 is 5.99. The topological polar surface area (TPSA) is 78.8 Å². The molecule has 0 fully saturated rings. The lowest BCUT2D eigenvalue weighted by molar-refractivity contribution is -0.137. The van der Waals surface area contributed by atoms with Gasteiger partial charge in [0.1, 0.15) is 0 Å². The number of halogens is 3. The van der Waals surface area contributed by atoms with Gasteiger partial charge in [0.15, 0.2) is 11.6 Å². The van der Waals surface area contributed by atoms with Gasteiger partial charge in [-0.05, 0) is 60.4 Å². The highest BCUT2D eigenvalue weighted by Crippen LogP contribution is 2.34. The average molecular weight is 369 g/mol. The number of carboxylic acids is 1. The molecule has 8 heteroatoms. The van der Waals surface area contributed by atoms with Gasteiger partial charge in [0.05, 0.1) is 17.7 Å². The molecule has 0 aromatic heterocycles. The van der Waals surface area contributed by atoms with Crippen molar-refractivity contribution in [3.63, 3.8) is 0 Å². The molecule has 5 nitrogen and oxygen atoms in total. The Hall–Kier alpha value is -2.54. The van der Waals surface area contributed by atoms with Crippen molar-refractivity contribution in [1.82, 2.24) is 5.43 Å². The lowest BCUT2D eigenvalue weighted by Gasteiger charge is -2.18. The highest BCUT2D eigenvalue weighted by Gasteiger charge is 2.23. The Balaban J connectivity index is 2.65. The lowest BCUT2D eigenvalue weighted by atomic mass is 9.92. The van der Waals surface area contributed by atoms with E-state index in [9.17, 15) is 18.5 Å². The number of hydrogen-bond acceptors (Lipinski definition) is 3. The van der Waals surface area contributed by atoms with E-state index in [0.29, 0.717) is 16.1 Å². The van der Waals surface area contributed by atoms with Gasteiger partial charge in [-0.3, -0.25) is 10.2 Å². The van der Waals surface area contributed by atoms with E-state index in [-0.39, 0.29) is 5.56 Å². The average Bonchev–Trinajstić information content (AvgIpc) is 2.48. The summed E-state index contributed by atoms with van der Waals surface area (Å²) in [6, 6.07) is 4.41. The number of carbonyl (C=O) groups is 1. The minimum absolute atomic E-state index is 0.286. The van der Waals surface area contributed by atoms with E-state index in [1.54, 1.807) is 26.0 Å². The molecule has 2 N–H and O–H groups in total. The predicted molar refractivity (Wildman–Crippen MR) is 90.2 cm³/mol. The summed E-state index contributed by atoms with van der Waals surface area (Å²) in [5, 5.41) is 11.8. The maximum Gasteiger partial charge on any atom is 0.305 e. The minimum atomic E-state index is -1.29. The van der Waals surface area contributed by atoms with Crippen molar-refractivity contribution in [2.45, 2.75) is 26.3 Å². The van der Waals surface area contributed by atoms with Crippen LogP contribution < -0.4 is 5.43 Å². The monoisotopic (exact) mass is 368 g/mol. The quantitative estimate of drug-likeness (QED) is 0.572. The van der Waals surface area contributed by atoms with E-state index >= 15 is 0 Å². The molecule has 0 saturated carbocycles. The summed E-state index contributed by atoms with van der Waals surface area (Å²) in [5.41, 5.74) is 4.19. The zero-order valence-corrected chi connectivity index (χ0v) is 14.2. The second kappa shape index (κ2) is 7.57. The molecule has 0 aliphatic rings. The molecule has 1 unspecified atom stereocenters. The van der Waals surface area contributed by atoms with Crippen LogP contribution in [0.4, 0.5) is 8.78 Å². The van der Waals surface area contributed by atoms with Gasteiger partial charge in [0.2, 0.25) is 0 Å².